The van der Waals surface area contributed by atoms with E-state index >= 15 is 0 Å². The van der Waals surface area contributed by atoms with Crippen LogP contribution in [0.3, 0.4) is 0 Å². The summed E-state index contributed by atoms with van der Waals surface area (Å²) in [7, 11) is 3.81. The van der Waals surface area contributed by atoms with Gasteiger partial charge in [0.1, 0.15) is 6.61 Å². The Kier molecular flexibility index (Phi) is 17.0. The fraction of sp³-hybridized carbons (Fsp3) is 0.742. The minimum absolute atomic E-state index is 0.256. The van der Waals surface area contributed by atoms with E-state index in [9.17, 15) is 9.59 Å². The second-order valence-electron chi connectivity index (χ2n) is 11.0. The molecule has 0 spiro atoms. The summed E-state index contributed by atoms with van der Waals surface area (Å²) in [5.41, 5.74) is 0.0931. The fourth-order valence-corrected chi connectivity index (χ4v) is 4.22. The van der Waals surface area contributed by atoms with Crippen LogP contribution < -0.4 is 5.32 Å². The molecule has 1 atom stereocenters. The molecule has 1 N–H and O–H groups in total. The first kappa shape index (κ1) is 32.9. The molecule has 0 radical (unpaired) electrons. The van der Waals surface area contributed by atoms with Gasteiger partial charge in [-0.05, 0) is 65.0 Å². The number of carbonyl (C=O) groups excluding carboxylic acids is 2. The van der Waals surface area contributed by atoms with Crippen molar-refractivity contribution in [2.75, 3.05) is 32.6 Å². The van der Waals surface area contributed by atoms with E-state index in [0.29, 0.717) is 18.2 Å². The first-order chi connectivity index (χ1) is 17.7. The maximum atomic E-state index is 12.7. The van der Waals surface area contributed by atoms with Crippen LogP contribution >= 0.6 is 0 Å². The van der Waals surface area contributed by atoms with E-state index in [1.807, 2.05) is 31.1 Å². The van der Waals surface area contributed by atoms with Crippen molar-refractivity contribution in [1.82, 2.24) is 4.90 Å². The molecule has 0 aliphatic heterocycles. The predicted molar refractivity (Wildman–Crippen MR) is 154 cm³/mol. The second kappa shape index (κ2) is 19.1. The minimum atomic E-state index is -1.35. The molecule has 212 valence electrons. The molecule has 0 bridgehead atoms. The zero-order valence-corrected chi connectivity index (χ0v) is 24.6. The van der Waals surface area contributed by atoms with E-state index < -0.39 is 17.5 Å². The molecule has 0 fully saturated rings. The minimum Gasteiger partial charge on any atom is -0.461 e. The molecule has 6 nitrogen and oxygen atoms in total. The Morgan fingerprint density at radius 2 is 1.35 bits per heavy atom. The number of ether oxygens (including phenoxy) is 2. The average molecular weight is 519 g/mol. The number of carbonyl (C=O) groups is 2. The van der Waals surface area contributed by atoms with E-state index in [1.54, 1.807) is 26.0 Å². The number of nitrogens with zero attached hydrogens (tertiary/aromatic N) is 1. The van der Waals surface area contributed by atoms with E-state index in [-0.39, 0.29) is 6.61 Å². The first-order valence-electron chi connectivity index (χ1n) is 14.6. The van der Waals surface area contributed by atoms with Gasteiger partial charge >= 0.3 is 11.9 Å². The van der Waals surface area contributed by atoms with Gasteiger partial charge in [-0.25, -0.2) is 9.59 Å². The third-order valence-electron chi connectivity index (χ3n) is 6.66. The highest BCUT2D eigenvalue weighted by Crippen LogP contribution is 2.21. The summed E-state index contributed by atoms with van der Waals surface area (Å²) < 4.78 is 10.8. The van der Waals surface area contributed by atoms with Gasteiger partial charge in [0.2, 0.25) is 5.60 Å². The number of hydrogen-bond donors (Lipinski definition) is 1. The van der Waals surface area contributed by atoms with Gasteiger partial charge in [-0.15, -0.1) is 0 Å². The Morgan fingerprint density at radius 3 is 1.86 bits per heavy atom. The number of esters is 2. The number of unbranched alkanes of at least 4 members (excludes halogenated alkanes) is 9. The second-order valence-corrected chi connectivity index (χ2v) is 11.0. The normalized spacial score (nSPS) is 12.4. The largest absolute Gasteiger partial charge is 0.461 e. The third-order valence-corrected chi connectivity index (χ3v) is 6.66. The van der Waals surface area contributed by atoms with Crippen LogP contribution in [0.25, 0.3) is 0 Å². The molecule has 1 unspecified atom stereocenters. The van der Waals surface area contributed by atoms with Gasteiger partial charge < -0.3 is 19.7 Å². The van der Waals surface area contributed by atoms with Gasteiger partial charge in [-0.1, -0.05) is 84.5 Å². The van der Waals surface area contributed by atoms with Crippen molar-refractivity contribution < 1.29 is 19.1 Å². The van der Waals surface area contributed by atoms with Crippen LogP contribution in [0.4, 0.5) is 5.69 Å². The van der Waals surface area contributed by atoms with Crippen LogP contribution in [0.5, 0.6) is 0 Å². The van der Waals surface area contributed by atoms with E-state index in [4.69, 9.17) is 9.47 Å². The van der Waals surface area contributed by atoms with Gasteiger partial charge in [-0.3, -0.25) is 0 Å². The standard InChI is InChI=1S/C31H54N2O4/c1-7-9-11-13-15-17-19-27(18-16-14-12-10-8-2)32-28-22-20-26(21-23-28)29(34)37-31(3,4)30(35)36-25-24-33(5)6/h20-23,27,32H,7-19,24-25H2,1-6H3. The smallest absolute Gasteiger partial charge is 0.350 e. The van der Waals surface area contributed by atoms with Gasteiger partial charge in [-0.2, -0.15) is 0 Å². The lowest BCUT2D eigenvalue weighted by molar-refractivity contribution is -0.162. The van der Waals surface area contributed by atoms with Gasteiger partial charge in [0, 0.05) is 18.3 Å². The molecule has 37 heavy (non-hydrogen) atoms. The molecule has 1 aromatic carbocycles. The van der Waals surface area contributed by atoms with Crippen molar-refractivity contribution in [3.63, 3.8) is 0 Å². The van der Waals surface area contributed by atoms with Crippen LogP contribution in [0.1, 0.15) is 122 Å². The molecular weight excluding hydrogens is 464 g/mol. The average Bonchev–Trinajstić information content (AvgIpc) is 2.85. The van der Waals surface area contributed by atoms with Crippen LogP contribution in [0.15, 0.2) is 24.3 Å². The monoisotopic (exact) mass is 518 g/mol. The Labute approximate surface area is 226 Å². The molecule has 0 saturated carbocycles. The van der Waals surface area contributed by atoms with Gasteiger partial charge in [0.25, 0.3) is 0 Å². The number of rotatable bonds is 21. The van der Waals surface area contributed by atoms with Crippen molar-refractivity contribution in [1.29, 1.82) is 0 Å². The summed E-state index contributed by atoms with van der Waals surface area (Å²) in [6.45, 7) is 8.50. The zero-order chi connectivity index (χ0) is 27.5. The van der Waals surface area contributed by atoms with Crippen LogP contribution in [-0.2, 0) is 14.3 Å². The number of benzene rings is 1. The number of likely N-dealkylation sites (N-methyl/N-ethyl adjacent to an activating group) is 1. The Balaban J connectivity index is 2.63. The maximum absolute atomic E-state index is 12.7. The van der Waals surface area contributed by atoms with Crippen LogP contribution in [0, 0.1) is 0 Å². The lowest BCUT2D eigenvalue weighted by atomic mass is 10.00. The molecule has 1 rings (SSSR count). The highest BCUT2D eigenvalue weighted by atomic mass is 16.6. The van der Waals surface area contributed by atoms with Crippen LogP contribution in [-0.4, -0.2) is 55.7 Å². The SMILES string of the molecule is CCCCCCCCC(CCCCCCC)Nc1ccc(C(=O)OC(C)(C)C(=O)OCCN(C)C)cc1. The molecule has 6 heteroatoms. The molecule has 0 amide bonds. The Bertz CT molecular complexity index is 746. The van der Waals surface area contributed by atoms with E-state index in [0.717, 1.165) is 5.69 Å². The van der Waals surface area contributed by atoms with E-state index in [1.165, 1.54) is 83.5 Å². The summed E-state index contributed by atoms with van der Waals surface area (Å²) in [6, 6.07) is 7.85. The first-order valence-corrected chi connectivity index (χ1v) is 14.6. The summed E-state index contributed by atoms with van der Waals surface area (Å²) in [4.78, 5) is 27.0. The molecule has 1 aromatic rings. The predicted octanol–water partition coefficient (Wildman–Crippen LogP) is 7.62. The highest BCUT2D eigenvalue weighted by Gasteiger charge is 2.34. The zero-order valence-electron chi connectivity index (χ0n) is 24.6. The molecule has 0 heterocycles. The summed E-state index contributed by atoms with van der Waals surface area (Å²) in [5, 5.41) is 3.71. The lowest BCUT2D eigenvalue weighted by Crippen LogP contribution is -2.39. The summed E-state index contributed by atoms with van der Waals surface area (Å²) >= 11 is 0. The molecule has 0 aliphatic carbocycles. The van der Waals surface area contributed by atoms with Crippen LogP contribution in [0.2, 0.25) is 0 Å². The molecule has 0 aliphatic rings. The number of nitrogens with one attached hydrogen (secondary N) is 1. The molecule has 0 aromatic heterocycles. The van der Waals surface area contributed by atoms with E-state index in [2.05, 4.69) is 19.2 Å². The van der Waals surface area contributed by atoms with Crippen molar-refractivity contribution >= 4 is 17.6 Å². The van der Waals surface area contributed by atoms with Gasteiger partial charge in [0.05, 0.1) is 5.56 Å². The summed E-state index contributed by atoms with van der Waals surface area (Å²) in [6.07, 6.45) is 16.6. The van der Waals surface area contributed by atoms with Crippen molar-refractivity contribution in [2.45, 2.75) is 123 Å². The molecule has 0 saturated heterocycles. The number of anilines is 1. The highest BCUT2D eigenvalue weighted by molar-refractivity contribution is 5.92. The third kappa shape index (κ3) is 15.1. The molecular formula is C31H54N2O4. The Hall–Kier alpha value is -2.08. The maximum Gasteiger partial charge on any atom is 0.350 e. The van der Waals surface area contributed by atoms with Crippen molar-refractivity contribution in [2.24, 2.45) is 0 Å². The number of hydrogen-bond acceptors (Lipinski definition) is 6. The fourth-order valence-electron chi connectivity index (χ4n) is 4.22. The topological polar surface area (TPSA) is 67.9 Å². The summed E-state index contributed by atoms with van der Waals surface area (Å²) in [5.74, 6) is -1.07. The quantitative estimate of drug-likeness (QED) is 0.133. The lowest BCUT2D eigenvalue weighted by Gasteiger charge is -2.24. The van der Waals surface area contributed by atoms with Crippen molar-refractivity contribution in [3.05, 3.63) is 29.8 Å². The Morgan fingerprint density at radius 1 is 0.838 bits per heavy atom. The van der Waals surface area contributed by atoms with Crippen molar-refractivity contribution in [3.8, 4) is 0 Å². The van der Waals surface area contributed by atoms with Gasteiger partial charge in [0.15, 0.2) is 0 Å².